The summed E-state index contributed by atoms with van der Waals surface area (Å²) in [6, 6.07) is 5.43. The van der Waals surface area contributed by atoms with Crippen LogP contribution in [0.5, 0.6) is 0 Å². The average Bonchev–Trinajstić information content (AvgIpc) is 2.81. The van der Waals surface area contributed by atoms with Crippen LogP contribution in [0.15, 0.2) is 35.7 Å². The molecule has 1 aliphatic carbocycles. The number of hydrogen-bond acceptors (Lipinski definition) is 6. The second kappa shape index (κ2) is 9.08. The number of ether oxygens (including phenoxy) is 1. The van der Waals surface area contributed by atoms with Gasteiger partial charge in [-0.25, -0.2) is 4.79 Å². The van der Waals surface area contributed by atoms with Gasteiger partial charge in [0, 0.05) is 57.1 Å². The number of carbonyl (C=O) groups is 3. The number of pyridine rings is 1. The molecule has 0 aromatic carbocycles. The topological polar surface area (TPSA) is 83.1 Å². The lowest BCUT2D eigenvalue weighted by molar-refractivity contribution is -0.144. The van der Waals surface area contributed by atoms with E-state index in [2.05, 4.69) is 9.88 Å². The Morgan fingerprint density at radius 3 is 2.55 bits per heavy atom. The van der Waals surface area contributed by atoms with Crippen LogP contribution in [0.4, 0.5) is 0 Å². The van der Waals surface area contributed by atoms with Crippen LogP contribution in [-0.2, 0) is 14.3 Å². The van der Waals surface area contributed by atoms with E-state index in [-0.39, 0.29) is 36.0 Å². The maximum atomic E-state index is 13.2. The second-order valence-electron chi connectivity index (χ2n) is 8.35. The normalized spacial score (nSPS) is 24.2. The standard InChI is InChI=1S/C23H30N4O4/c1-3-31-23(30)19-20(16-8-4-5-10-18(16)25(2)22(19)29)26-12-14-27(15-13-26)21(28)17-9-6-7-11-24-17/h6-7,9,11,16,18H,3-5,8,10,12-15H2,1-2H3. The zero-order chi connectivity index (χ0) is 22.0. The first-order valence-corrected chi connectivity index (χ1v) is 11.2. The predicted molar refractivity (Wildman–Crippen MR) is 114 cm³/mol. The second-order valence-corrected chi connectivity index (χ2v) is 8.35. The van der Waals surface area contributed by atoms with Crippen LogP contribution in [0.25, 0.3) is 0 Å². The fourth-order valence-electron chi connectivity index (χ4n) is 5.11. The van der Waals surface area contributed by atoms with Crippen LogP contribution in [0, 0.1) is 5.92 Å². The number of hydrogen-bond donors (Lipinski definition) is 0. The smallest absolute Gasteiger partial charge is 0.345 e. The quantitative estimate of drug-likeness (QED) is 0.538. The summed E-state index contributed by atoms with van der Waals surface area (Å²) in [5, 5.41) is 0. The summed E-state index contributed by atoms with van der Waals surface area (Å²) in [6.45, 7) is 4.19. The number of rotatable bonds is 4. The van der Waals surface area contributed by atoms with E-state index < -0.39 is 5.97 Å². The minimum atomic E-state index is -0.537. The molecule has 4 rings (SSSR count). The van der Waals surface area contributed by atoms with E-state index in [1.165, 1.54) is 0 Å². The highest BCUT2D eigenvalue weighted by molar-refractivity contribution is 6.17. The number of aromatic nitrogens is 1. The molecule has 2 unspecified atom stereocenters. The molecule has 3 heterocycles. The minimum absolute atomic E-state index is 0.0881. The molecular formula is C23H30N4O4. The molecule has 2 aliphatic heterocycles. The van der Waals surface area contributed by atoms with Crippen LogP contribution in [0.2, 0.25) is 0 Å². The van der Waals surface area contributed by atoms with Crippen molar-refractivity contribution >= 4 is 17.8 Å². The molecule has 8 nitrogen and oxygen atoms in total. The van der Waals surface area contributed by atoms with Crippen LogP contribution < -0.4 is 0 Å². The molecule has 1 aromatic rings. The van der Waals surface area contributed by atoms with Gasteiger partial charge in [-0.1, -0.05) is 18.9 Å². The molecule has 2 fully saturated rings. The Hall–Kier alpha value is -2.90. The molecule has 0 radical (unpaired) electrons. The number of piperazine rings is 1. The summed E-state index contributed by atoms with van der Waals surface area (Å²) in [4.78, 5) is 48.6. The van der Waals surface area contributed by atoms with Crippen LogP contribution >= 0.6 is 0 Å². The van der Waals surface area contributed by atoms with E-state index in [4.69, 9.17) is 4.74 Å². The van der Waals surface area contributed by atoms with Crippen molar-refractivity contribution in [3.05, 3.63) is 41.4 Å². The van der Waals surface area contributed by atoms with Crippen LogP contribution in [0.1, 0.15) is 43.1 Å². The highest BCUT2D eigenvalue weighted by Crippen LogP contribution is 2.40. The largest absolute Gasteiger partial charge is 0.462 e. The summed E-state index contributed by atoms with van der Waals surface area (Å²) >= 11 is 0. The zero-order valence-electron chi connectivity index (χ0n) is 18.2. The molecule has 1 aromatic heterocycles. The van der Waals surface area contributed by atoms with Gasteiger partial charge < -0.3 is 19.4 Å². The third-order valence-electron chi connectivity index (χ3n) is 6.64. The van der Waals surface area contributed by atoms with Gasteiger partial charge in [-0.2, -0.15) is 0 Å². The molecule has 166 valence electrons. The molecule has 1 saturated carbocycles. The molecule has 31 heavy (non-hydrogen) atoms. The summed E-state index contributed by atoms with van der Waals surface area (Å²) in [5.74, 6) is -0.738. The van der Waals surface area contributed by atoms with E-state index in [1.54, 1.807) is 48.2 Å². The first-order valence-electron chi connectivity index (χ1n) is 11.2. The van der Waals surface area contributed by atoms with Gasteiger partial charge in [0.15, 0.2) is 0 Å². The summed E-state index contributed by atoms with van der Waals surface area (Å²) in [6.07, 6.45) is 5.69. The van der Waals surface area contributed by atoms with E-state index in [1.807, 2.05) is 0 Å². The van der Waals surface area contributed by atoms with Gasteiger partial charge >= 0.3 is 5.97 Å². The fraction of sp³-hybridized carbons (Fsp3) is 0.565. The third kappa shape index (κ3) is 4.03. The molecule has 2 atom stereocenters. The highest BCUT2D eigenvalue weighted by Gasteiger charge is 2.46. The number of amides is 2. The molecule has 0 spiro atoms. The Balaban J connectivity index is 1.60. The zero-order valence-corrected chi connectivity index (χ0v) is 18.2. The number of fused-ring (bicyclic) bond motifs is 1. The number of carbonyl (C=O) groups excluding carboxylic acids is 3. The lowest BCUT2D eigenvalue weighted by Crippen LogP contribution is -2.56. The van der Waals surface area contributed by atoms with Crippen LogP contribution in [0.3, 0.4) is 0 Å². The SMILES string of the molecule is CCOC(=O)C1=C(N2CCN(C(=O)c3ccccn3)CC2)C2CCCCC2N(C)C1=O. The number of likely N-dealkylation sites (N-methyl/N-ethyl adjacent to an activating group) is 1. The van der Waals surface area contributed by atoms with Gasteiger partial charge in [0.1, 0.15) is 11.3 Å². The third-order valence-corrected chi connectivity index (χ3v) is 6.64. The van der Waals surface area contributed by atoms with Crippen LogP contribution in [-0.4, -0.2) is 83.3 Å². The fourth-order valence-corrected chi connectivity index (χ4v) is 5.11. The van der Waals surface area contributed by atoms with Crippen molar-refractivity contribution in [1.29, 1.82) is 0 Å². The van der Waals surface area contributed by atoms with Crippen molar-refractivity contribution < 1.29 is 19.1 Å². The van der Waals surface area contributed by atoms with E-state index in [0.717, 1.165) is 31.4 Å². The molecular weight excluding hydrogens is 396 g/mol. The van der Waals surface area contributed by atoms with Gasteiger partial charge in [-0.05, 0) is 31.9 Å². The van der Waals surface area contributed by atoms with Crippen molar-refractivity contribution in [2.24, 2.45) is 5.92 Å². The van der Waals surface area contributed by atoms with Crippen molar-refractivity contribution in [3.63, 3.8) is 0 Å². The van der Waals surface area contributed by atoms with E-state index in [0.29, 0.717) is 31.9 Å². The number of nitrogens with zero attached hydrogens (tertiary/aromatic N) is 4. The van der Waals surface area contributed by atoms with Crippen molar-refractivity contribution in [3.8, 4) is 0 Å². The monoisotopic (exact) mass is 426 g/mol. The van der Waals surface area contributed by atoms with Gasteiger partial charge in [-0.3, -0.25) is 14.6 Å². The number of esters is 1. The molecule has 8 heteroatoms. The first kappa shape index (κ1) is 21.3. The van der Waals surface area contributed by atoms with Gasteiger partial charge in [-0.15, -0.1) is 0 Å². The lowest BCUT2D eigenvalue weighted by Gasteiger charge is -2.48. The summed E-state index contributed by atoms with van der Waals surface area (Å²) < 4.78 is 5.27. The molecule has 0 bridgehead atoms. The average molecular weight is 427 g/mol. The molecule has 3 aliphatic rings. The van der Waals surface area contributed by atoms with Gasteiger partial charge in [0.05, 0.1) is 6.61 Å². The lowest BCUT2D eigenvalue weighted by atomic mass is 9.76. The Kier molecular flexibility index (Phi) is 6.25. The summed E-state index contributed by atoms with van der Waals surface area (Å²) in [7, 11) is 1.80. The maximum Gasteiger partial charge on any atom is 0.345 e. The summed E-state index contributed by atoms with van der Waals surface area (Å²) in [5.41, 5.74) is 1.44. The molecule has 0 N–H and O–H groups in total. The van der Waals surface area contributed by atoms with Crippen molar-refractivity contribution in [1.82, 2.24) is 19.7 Å². The maximum absolute atomic E-state index is 13.2. The molecule has 1 saturated heterocycles. The predicted octanol–water partition coefficient (Wildman–Crippen LogP) is 1.69. The Labute approximate surface area is 182 Å². The Bertz CT molecular complexity index is 877. The minimum Gasteiger partial charge on any atom is -0.462 e. The van der Waals surface area contributed by atoms with Crippen molar-refractivity contribution in [2.45, 2.75) is 38.6 Å². The first-order chi connectivity index (χ1) is 15.0. The Morgan fingerprint density at radius 1 is 1.13 bits per heavy atom. The van der Waals surface area contributed by atoms with Gasteiger partial charge in [0.25, 0.3) is 11.8 Å². The van der Waals surface area contributed by atoms with E-state index in [9.17, 15) is 14.4 Å². The highest BCUT2D eigenvalue weighted by atomic mass is 16.5. The Morgan fingerprint density at radius 2 is 1.87 bits per heavy atom. The van der Waals surface area contributed by atoms with Gasteiger partial charge in [0.2, 0.25) is 0 Å². The van der Waals surface area contributed by atoms with E-state index >= 15 is 0 Å². The van der Waals surface area contributed by atoms with Crippen molar-refractivity contribution in [2.75, 3.05) is 39.8 Å². The molecule has 2 amide bonds.